The van der Waals surface area contributed by atoms with Crippen molar-refractivity contribution in [2.45, 2.75) is 13.0 Å². The molecule has 0 aliphatic carbocycles. The molecule has 0 fully saturated rings. The van der Waals surface area contributed by atoms with Gasteiger partial charge in [0, 0.05) is 17.8 Å². The largest absolute Gasteiger partial charge is 0.490 e. The molecule has 5 nitrogen and oxygen atoms in total. The molecule has 2 aromatic rings. The summed E-state index contributed by atoms with van der Waals surface area (Å²) < 4.78 is 4.98. The van der Waals surface area contributed by atoms with Crippen molar-refractivity contribution in [1.29, 1.82) is 0 Å². The molecule has 104 valence electrons. The molecular formula is C15H16N2O3. The maximum absolute atomic E-state index is 11.0. The second-order valence-corrected chi connectivity index (χ2v) is 4.42. The first-order valence-electron chi connectivity index (χ1n) is 6.25. The molecule has 0 radical (unpaired) electrons. The molecule has 1 atom stereocenters. The summed E-state index contributed by atoms with van der Waals surface area (Å²) in [5.41, 5.74) is 1.76. The Bertz CT molecular complexity index is 599. The van der Waals surface area contributed by atoms with Gasteiger partial charge in [-0.3, -0.25) is 10.1 Å². The third-order valence-electron chi connectivity index (χ3n) is 3.06. The topological polar surface area (TPSA) is 64.4 Å². The highest BCUT2D eigenvalue weighted by Crippen LogP contribution is 2.31. The van der Waals surface area contributed by atoms with Gasteiger partial charge in [-0.25, -0.2) is 0 Å². The molecular weight excluding hydrogens is 256 g/mol. The number of hydrogen-bond acceptors (Lipinski definition) is 4. The molecule has 1 unspecified atom stereocenters. The van der Waals surface area contributed by atoms with Gasteiger partial charge in [0.15, 0.2) is 5.75 Å². The smallest absolute Gasteiger partial charge is 0.312 e. The van der Waals surface area contributed by atoms with E-state index in [1.54, 1.807) is 12.1 Å². The highest BCUT2D eigenvalue weighted by molar-refractivity contribution is 5.59. The van der Waals surface area contributed by atoms with Crippen LogP contribution < -0.4 is 10.1 Å². The van der Waals surface area contributed by atoms with Gasteiger partial charge in [0.05, 0.1) is 12.0 Å². The second kappa shape index (κ2) is 6.06. The molecule has 0 bridgehead atoms. The summed E-state index contributed by atoms with van der Waals surface area (Å²) in [5.74, 6) is 0.257. The van der Waals surface area contributed by atoms with Gasteiger partial charge in [-0.2, -0.15) is 0 Å². The Morgan fingerprint density at radius 2 is 1.90 bits per heavy atom. The lowest BCUT2D eigenvalue weighted by molar-refractivity contribution is -0.385. The summed E-state index contributed by atoms with van der Waals surface area (Å²) in [6.07, 6.45) is 0. The van der Waals surface area contributed by atoms with Crippen LogP contribution in [0.2, 0.25) is 0 Å². The number of nitro benzene ring substituents is 1. The van der Waals surface area contributed by atoms with Gasteiger partial charge < -0.3 is 10.1 Å². The number of methoxy groups -OCH3 is 1. The minimum Gasteiger partial charge on any atom is -0.490 e. The third-order valence-corrected chi connectivity index (χ3v) is 3.06. The van der Waals surface area contributed by atoms with E-state index in [4.69, 9.17) is 4.74 Å². The number of benzene rings is 2. The molecule has 5 heteroatoms. The zero-order valence-electron chi connectivity index (χ0n) is 11.4. The van der Waals surface area contributed by atoms with Crippen molar-refractivity contribution in [3.63, 3.8) is 0 Å². The highest BCUT2D eigenvalue weighted by Gasteiger charge is 2.16. The van der Waals surface area contributed by atoms with Crippen molar-refractivity contribution in [3.05, 3.63) is 64.2 Å². The van der Waals surface area contributed by atoms with E-state index in [9.17, 15) is 10.1 Å². The van der Waals surface area contributed by atoms with Crippen LogP contribution in [0.1, 0.15) is 18.5 Å². The first kappa shape index (κ1) is 13.9. The summed E-state index contributed by atoms with van der Waals surface area (Å²) in [6.45, 7) is 2.01. The van der Waals surface area contributed by atoms with Gasteiger partial charge in [-0.05, 0) is 24.6 Å². The fourth-order valence-corrected chi connectivity index (χ4v) is 2.00. The average Bonchev–Trinajstić information content (AvgIpc) is 2.48. The van der Waals surface area contributed by atoms with E-state index < -0.39 is 4.92 Å². The van der Waals surface area contributed by atoms with Crippen LogP contribution in [0.3, 0.4) is 0 Å². The maximum Gasteiger partial charge on any atom is 0.312 e. The number of ether oxygens (including phenoxy) is 1. The van der Waals surface area contributed by atoms with Crippen molar-refractivity contribution in [1.82, 2.24) is 0 Å². The molecule has 20 heavy (non-hydrogen) atoms. The van der Waals surface area contributed by atoms with Crippen molar-refractivity contribution in [2.75, 3.05) is 12.4 Å². The van der Waals surface area contributed by atoms with Crippen LogP contribution in [0.25, 0.3) is 0 Å². The number of anilines is 1. The Kier molecular flexibility index (Phi) is 4.20. The summed E-state index contributed by atoms with van der Waals surface area (Å²) in [6, 6.07) is 14.8. The number of nitro groups is 1. The predicted molar refractivity (Wildman–Crippen MR) is 78.1 cm³/mol. The van der Waals surface area contributed by atoms with E-state index in [-0.39, 0.29) is 17.5 Å². The fourth-order valence-electron chi connectivity index (χ4n) is 2.00. The summed E-state index contributed by atoms with van der Waals surface area (Å²) in [4.78, 5) is 10.5. The summed E-state index contributed by atoms with van der Waals surface area (Å²) in [7, 11) is 1.42. The van der Waals surface area contributed by atoms with E-state index >= 15 is 0 Å². The molecule has 0 saturated carbocycles. The molecule has 2 rings (SSSR count). The zero-order valence-corrected chi connectivity index (χ0v) is 11.4. The molecule has 2 aromatic carbocycles. The molecule has 0 saturated heterocycles. The van der Waals surface area contributed by atoms with Crippen LogP contribution in [0.4, 0.5) is 11.4 Å². The summed E-state index contributed by atoms with van der Waals surface area (Å²) >= 11 is 0. The van der Waals surface area contributed by atoms with Crippen molar-refractivity contribution in [2.24, 2.45) is 0 Å². The van der Waals surface area contributed by atoms with Crippen LogP contribution in [-0.2, 0) is 0 Å². The van der Waals surface area contributed by atoms with Crippen LogP contribution in [0.5, 0.6) is 5.75 Å². The Hall–Kier alpha value is -2.56. The molecule has 1 N–H and O–H groups in total. The normalized spacial score (nSPS) is 11.7. The second-order valence-electron chi connectivity index (χ2n) is 4.42. The van der Waals surface area contributed by atoms with Gasteiger partial charge in [-0.15, -0.1) is 0 Å². The third kappa shape index (κ3) is 3.06. The number of hydrogen-bond donors (Lipinski definition) is 1. The Morgan fingerprint density at radius 3 is 2.50 bits per heavy atom. The minimum absolute atomic E-state index is 0.0437. The Balaban J connectivity index is 2.22. The van der Waals surface area contributed by atoms with Crippen molar-refractivity contribution >= 4 is 11.4 Å². The van der Waals surface area contributed by atoms with Crippen molar-refractivity contribution < 1.29 is 9.66 Å². The fraction of sp³-hybridized carbons (Fsp3) is 0.200. The first-order valence-corrected chi connectivity index (χ1v) is 6.25. The standard InChI is InChI=1S/C15H16N2O3/c1-11(12-6-4-3-5-7-12)16-13-8-9-15(20-2)14(10-13)17(18)19/h3-11,16H,1-2H3. The van der Waals surface area contributed by atoms with Gasteiger partial charge in [0.2, 0.25) is 0 Å². The lowest BCUT2D eigenvalue weighted by atomic mass is 10.1. The lowest BCUT2D eigenvalue weighted by Gasteiger charge is -2.16. The first-order chi connectivity index (χ1) is 9.61. The van der Waals surface area contributed by atoms with E-state index in [2.05, 4.69) is 5.32 Å². The molecule has 0 aliphatic heterocycles. The Morgan fingerprint density at radius 1 is 1.20 bits per heavy atom. The lowest BCUT2D eigenvalue weighted by Crippen LogP contribution is -2.06. The van der Waals surface area contributed by atoms with E-state index in [1.807, 2.05) is 37.3 Å². The molecule has 0 heterocycles. The van der Waals surface area contributed by atoms with Crippen molar-refractivity contribution in [3.8, 4) is 5.75 Å². The quantitative estimate of drug-likeness (QED) is 0.664. The van der Waals surface area contributed by atoms with Gasteiger partial charge in [0.1, 0.15) is 0 Å². The van der Waals surface area contributed by atoms with Crippen LogP contribution >= 0.6 is 0 Å². The van der Waals surface area contributed by atoms with Gasteiger partial charge >= 0.3 is 5.69 Å². The van der Waals surface area contributed by atoms with Crippen LogP contribution in [0.15, 0.2) is 48.5 Å². The van der Waals surface area contributed by atoms with Gasteiger partial charge in [-0.1, -0.05) is 30.3 Å². The Labute approximate surface area is 117 Å². The summed E-state index contributed by atoms with van der Waals surface area (Å²) in [5, 5.41) is 14.2. The van der Waals surface area contributed by atoms with E-state index in [0.29, 0.717) is 5.69 Å². The highest BCUT2D eigenvalue weighted by atomic mass is 16.6. The predicted octanol–water partition coefficient (Wildman–Crippen LogP) is 3.78. The zero-order chi connectivity index (χ0) is 14.5. The molecule has 0 aromatic heterocycles. The van der Waals surface area contributed by atoms with Crippen LogP contribution in [0, 0.1) is 10.1 Å². The SMILES string of the molecule is COc1ccc(NC(C)c2ccccc2)cc1[N+](=O)[O-]. The van der Waals surface area contributed by atoms with Crippen LogP contribution in [-0.4, -0.2) is 12.0 Å². The maximum atomic E-state index is 11.0. The van der Waals surface area contributed by atoms with E-state index in [1.165, 1.54) is 13.2 Å². The number of nitrogens with zero attached hydrogens (tertiary/aromatic N) is 1. The number of rotatable bonds is 5. The van der Waals surface area contributed by atoms with Gasteiger partial charge in [0.25, 0.3) is 0 Å². The molecule has 0 amide bonds. The average molecular weight is 272 g/mol. The number of nitrogens with one attached hydrogen (secondary N) is 1. The monoisotopic (exact) mass is 272 g/mol. The molecule has 0 aliphatic rings. The minimum atomic E-state index is -0.447. The molecule has 0 spiro atoms. The van der Waals surface area contributed by atoms with E-state index in [0.717, 1.165) is 5.56 Å².